The van der Waals surface area contributed by atoms with E-state index < -0.39 is 33.7 Å². The van der Waals surface area contributed by atoms with E-state index in [1.807, 2.05) is 20.8 Å². The van der Waals surface area contributed by atoms with E-state index in [-0.39, 0.29) is 0 Å². The van der Waals surface area contributed by atoms with Crippen LogP contribution < -0.4 is 5.32 Å². The van der Waals surface area contributed by atoms with Crippen LogP contribution >= 0.6 is 11.6 Å². The molecule has 1 aromatic carbocycles. The molecule has 0 aromatic heterocycles. The quantitative estimate of drug-likeness (QED) is 0.665. The smallest absolute Gasteiger partial charge is 0.239 e. The number of carbonyl (C=O) groups is 3. The summed E-state index contributed by atoms with van der Waals surface area (Å²) in [5, 5.41) is 3.35. The van der Waals surface area contributed by atoms with Crippen LogP contribution in [0.5, 0.6) is 0 Å². The number of fused-ring (bicyclic) bond motifs is 2. The number of aryl methyl sites for hydroxylation is 1. The molecule has 5 heteroatoms. The number of amides is 1. The highest BCUT2D eigenvalue weighted by Crippen LogP contribution is 2.69. The molecular formula is C18H20ClNO3. The van der Waals surface area contributed by atoms with Crippen LogP contribution in [0.2, 0.25) is 5.02 Å². The first-order valence-corrected chi connectivity index (χ1v) is 8.12. The van der Waals surface area contributed by atoms with Gasteiger partial charge in [0.1, 0.15) is 5.41 Å². The lowest BCUT2D eigenvalue weighted by Gasteiger charge is -2.37. The van der Waals surface area contributed by atoms with Crippen molar-refractivity contribution >= 4 is 34.8 Å². The Morgan fingerprint density at radius 2 is 1.78 bits per heavy atom. The maximum Gasteiger partial charge on any atom is 0.239 e. The van der Waals surface area contributed by atoms with E-state index in [0.29, 0.717) is 23.6 Å². The predicted molar refractivity (Wildman–Crippen MR) is 88.4 cm³/mol. The molecule has 0 saturated heterocycles. The zero-order valence-corrected chi connectivity index (χ0v) is 14.5. The number of halogens is 1. The van der Waals surface area contributed by atoms with E-state index in [4.69, 9.17) is 11.6 Å². The van der Waals surface area contributed by atoms with Crippen molar-refractivity contribution in [3.63, 3.8) is 0 Å². The number of carbonyl (C=O) groups excluding carboxylic acids is 3. The fourth-order valence-corrected chi connectivity index (χ4v) is 4.40. The van der Waals surface area contributed by atoms with Crippen LogP contribution in [0.1, 0.15) is 39.2 Å². The lowest BCUT2D eigenvalue weighted by molar-refractivity contribution is -0.147. The van der Waals surface area contributed by atoms with Gasteiger partial charge in [0.05, 0.1) is 0 Å². The molecule has 2 saturated carbocycles. The van der Waals surface area contributed by atoms with E-state index in [1.54, 1.807) is 25.1 Å². The molecule has 23 heavy (non-hydrogen) atoms. The van der Waals surface area contributed by atoms with Gasteiger partial charge in [-0.25, -0.2) is 0 Å². The van der Waals surface area contributed by atoms with E-state index in [9.17, 15) is 14.4 Å². The Bertz CT molecular complexity index is 755. The standard InChI is InChI=1S/C18H20ClNO3/c1-10-5-6-11(19)9-12(10)20-15(23)18-8-7-17(4,16(18,2)3)13(21)14(18)22/h5-6,9H,7-8H2,1-4H3,(H,20,23)/t17-,18-/m1/s1. The molecule has 2 atom stereocenters. The number of ketones is 2. The van der Waals surface area contributed by atoms with Crippen molar-refractivity contribution in [2.24, 2.45) is 16.2 Å². The summed E-state index contributed by atoms with van der Waals surface area (Å²) < 4.78 is 0. The number of nitrogens with one attached hydrogen (secondary N) is 1. The third kappa shape index (κ3) is 1.76. The SMILES string of the molecule is Cc1ccc(Cl)cc1NC(=O)[C@@]12CC[C@](C)(C(=O)C1=O)C2(C)C. The lowest BCUT2D eigenvalue weighted by Crippen LogP contribution is -2.47. The number of hydrogen-bond acceptors (Lipinski definition) is 3. The van der Waals surface area contributed by atoms with E-state index >= 15 is 0 Å². The first-order valence-electron chi connectivity index (χ1n) is 7.75. The Hall–Kier alpha value is -1.68. The van der Waals surface area contributed by atoms with Gasteiger partial charge >= 0.3 is 0 Å². The highest BCUT2D eigenvalue weighted by Gasteiger charge is 2.77. The van der Waals surface area contributed by atoms with Gasteiger partial charge in [-0.1, -0.05) is 38.4 Å². The van der Waals surface area contributed by atoms with Gasteiger partial charge < -0.3 is 5.32 Å². The normalized spacial score (nSPS) is 31.5. The molecule has 0 unspecified atom stereocenters. The fraction of sp³-hybridized carbons (Fsp3) is 0.500. The number of anilines is 1. The average molecular weight is 334 g/mol. The first kappa shape index (κ1) is 16.2. The summed E-state index contributed by atoms with van der Waals surface area (Å²) in [6.07, 6.45) is 0.971. The molecule has 4 nitrogen and oxygen atoms in total. The molecule has 2 fully saturated rings. The van der Waals surface area contributed by atoms with Gasteiger partial charge in [0.15, 0.2) is 0 Å². The Labute approximate surface area is 140 Å². The van der Waals surface area contributed by atoms with Gasteiger partial charge in [0.25, 0.3) is 0 Å². The third-order valence-electron chi connectivity index (χ3n) is 6.38. The predicted octanol–water partition coefficient (Wildman–Crippen LogP) is 3.55. The number of hydrogen-bond donors (Lipinski definition) is 1. The maximum absolute atomic E-state index is 13.0. The van der Waals surface area contributed by atoms with E-state index in [0.717, 1.165) is 5.56 Å². The summed E-state index contributed by atoms with van der Waals surface area (Å²) in [4.78, 5) is 38.1. The van der Waals surface area contributed by atoms with Gasteiger partial charge in [-0.3, -0.25) is 14.4 Å². The van der Waals surface area contributed by atoms with Gasteiger partial charge in [-0.05, 0) is 42.9 Å². The summed E-state index contributed by atoms with van der Waals surface area (Å²) in [5.41, 5.74) is -1.31. The summed E-state index contributed by atoms with van der Waals surface area (Å²) in [6, 6.07) is 5.21. The van der Waals surface area contributed by atoms with Crippen LogP contribution in [0.25, 0.3) is 0 Å². The molecule has 0 heterocycles. The minimum Gasteiger partial charge on any atom is -0.325 e. The second-order valence-electron chi connectivity index (χ2n) is 7.43. The molecule has 2 aliphatic rings. The molecule has 0 spiro atoms. The highest BCUT2D eigenvalue weighted by atomic mass is 35.5. The van der Waals surface area contributed by atoms with Crippen molar-refractivity contribution in [1.29, 1.82) is 0 Å². The van der Waals surface area contributed by atoms with Crippen molar-refractivity contribution in [3.8, 4) is 0 Å². The average Bonchev–Trinajstić information content (AvgIpc) is 2.75. The second kappa shape index (κ2) is 4.67. The summed E-state index contributed by atoms with van der Waals surface area (Å²) in [5.74, 6) is -1.35. The molecule has 1 N–H and O–H groups in total. The Kier molecular flexibility index (Phi) is 3.28. The monoisotopic (exact) mass is 333 g/mol. The summed E-state index contributed by atoms with van der Waals surface area (Å²) in [6.45, 7) is 7.37. The largest absolute Gasteiger partial charge is 0.325 e. The first-order chi connectivity index (χ1) is 10.6. The molecule has 0 aliphatic heterocycles. The van der Waals surface area contributed by atoms with Crippen LogP contribution in [-0.2, 0) is 14.4 Å². The summed E-state index contributed by atoms with van der Waals surface area (Å²) >= 11 is 5.99. The molecule has 1 aromatic rings. The Morgan fingerprint density at radius 3 is 2.35 bits per heavy atom. The number of Topliss-reactive ketones (excluding diaryl/α,β-unsaturated/α-hetero) is 2. The van der Waals surface area contributed by atoms with Gasteiger partial charge in [-0.15, -0.1) is 0 Å². The second-order valence-corrected chi connectivity index (χ2v) is 7.87. The van der Waals surface area contributed by atoms with Crippen LogP contribution in [-0.4, -0.2) is 17.5 Å². The van der Waals surface area contributed by atoms with Crippen LogP contribution in [0, 0.1) is 23.2 Å². The molecule has 2 aliphatic carbocycles. The molecule has 122 valence electrons. The summed E-state index contributed by atoms with van der Waals surface area (Å²) in [7, 11) is 0. The third-order valence-corrected chi connectivity index (χ3v) is 6.61. The molecule has 3 rings (SSSR count). The minimum absolute atomic E-state index is 0.396. The van der Waals surface area contributed by atoms with E-state index in [2.05, 4.69) is 5.32 Å². The fourth-order valence-electron chi connectivity index (χ4n) is 4.23. The van der Waals surface area contributed by atoms with Crippen molar-refractivity contribution < 1.29 is 14.4 Å². The number of benzene rings is 1. The van der Waals surface area contributed by atoms with Gasteiger partial charge in [-0.2, -0.15) is 0 Å². The molecule has 2 bridgehead atoms. The van der Waals surface area contributed by atoms with Crippen molar-refractivity contribution in [1.82, 2.24) is 0 Å². The molecular weight excluding hydrogens is 314 g/mol. The van der Waals surface area contributed by atoms with Crippen LogP contribution in [0.15, 0.2) is 18.2 Å². The topological polar surface area (TPSA) is 63.2 Å². The van der Waals surface area contributed by atoms with E-state index in [1.165, 1.54) is 0 Å². The van der Waals surface area contributed by atoms with Gasteiger partial charge in [0, 0.05) is 16.1 Å². The van der Waals surface area contributed by atoms with Crippen molar-refractivity contribution in [3.05, 3.63) is 28.8 Å². The lowest BCUT2D eigenvalue weighted by atomic mass is 9.64. The zero-order valence-electron chi connectivity index (χ0n) is 13.7. The zero-order chi connectivity index (χ0) is 17.2. The van der Waals surface area contributed by atoms with Crippen molar-refractivity contribution in [2.45, 2.75) is 40.5 Å². The Balaban J connectivity index is 2.04. The molecule has 0 radical (unpaired) electrons. The minimum atomic E-state index is -1.28. The maximum atomic E-state index is 13.0. The van der Waals surface area contributed by atoms with Crippen molar-refractivity contribution in [2.75, 3.05) is 5.32 Å². The van der Waals surface area contributed by atoms with Crippen LogP contribution in [0.3, 0.4) is 0 Å². The van der Waals surface area contributed by atoms with Crippen LogP contribution in [0.4, 0.5) is 5.69 Å². The highest BCUT2D eigenvalue weighted by molar-refractivity contribution is 6.49. The number of rotatable bonds is 2. The van der Waals surface area contributed by atoms with Gasteiger partial charge in [0.2, 0.25) is 17.5 Å². The molecule has 1 amide bonds. The Morgan fingerprint density at radius 1 is 1.13 bits per heavy atom.